The second-order valence-corrected chi connectivity index (χ2v) is 14.1. The molecule has 5 rings (SSSR count). The standard InChI is InChI=1S/C29H48O7/c1-14(2)16(9-11-30)7-6-15(3)18-12-19(31)22-21-17(8-10-27(18,22)4)28(5)13-20-29(35,36-20)26(34)23(28)25(33)24(21)32/h14-18,20-26,30,32-35H,6-13H2,1-5H3/t15-,16+,17+,18-,20?,21-,22-,23?,24?,25?,26?,27-,28-,29?/m1/s1. The molecule has 0 bridgehead atoms. The fourth-order valence-corrected chi connectivity index (χ4v) is 9.98. The molecule has 7 nitrogen and oxygen atoms in total. The Morgan fingerprint density at radius 3 is 2.36 bits per heavy atom. The summed E-state index contributed by atoms with van der Waals surface area (Å²) in [6.45, 7) is 11.2. The number of carbonyl (C=O) groups is 1. The summed E-state index contributed by atoms with van der Waals surface area (Å²) >= 11 is 0. The summed E-state index contributed by atoms with van der Waals surface area (Å²) in [5.74, 6) is -1.17. The molecule has 0 aromatic heterocycles. The monoisotopic (exact) mass is 508 g/mol. The van der Waals surface area contributed by atoms with Gasteiger partial charge in [0.2, 0.25) is 5.79 Å². The van der Waals surface area contributed by atoms with Crippen LogP contribution in [0.25, 0.3) is 0 Å². The van der Waals surface area contributed by atoms with E-state index in [1.165, 1.54) is 0 Å². The number of epoxide rings is 1. The van der Waals surface area contributed by atoms with Crippen LogP contribution in [-0.2, 0) is 9.53 Å². The van der Waals surface area contributed by atoms with E-state index in [9.17, 15) is 30.3 Å². The maximum absolute atomic E-state index is 13.7. The van der Waals surface area contributed by atoms with Gasteiger partial charge in [-0.25, -0.2) is 0 Å². The number of ether oxygens (including phenoxy) is 1. The maximum atomic E-state index is 13.7. The molecule has 1 aliphatic heterocycles. The highest BCUT2D eigenvalue weighted by Crippen LogP contribution is 2.70. The van der Waals surface area contributed by atoms with Crippen molar-refractivity contribution in [2.75, 3.05) is 6.61 Å². The predicted molar refractivity (Wildman–Crippen MR) is 133 cm³/mol. The number of fused-ring (bicyclic) bond motifs is 6. The highest BCUT2D eigenvalue weighted by Gasteiger charge is 2.76. The highest BCUT2D eigenvalue weighted by atomic mass is 16.7. The number of carbonyl (C=O) groups excluding carboxylic acids is 1. The van der Waals surface area contributed by atoms with E-state index >= 15 is 0 Å². The SMILES string of the molecule is CC(C)[C@H](CCO)CC[C@@H](C)[C@H]1CC(=O)[C@@H]2[C@@H]3C(O)C(O)C4C(O)C5(O)OC5C[C@]4(C)[C@H]3CC[C@]12C. The molecule has 36 heavy (non-hydrogen) atoms. The molecule has 4 aliphatic carbocycles. The van der Waals surface area contributed by atoms with Crippen LogP contribution in [0, 0.1) is 58.2 Å². The van der Waals surface area contributed by atoms with Gasteiger partial charge in [-0.05, 0) is 72.5 Å². The molecule has 6 unspecified atom stereocenters. The van der Waals surface area contributed by atoms with Gasteiger partial charge in [-0.3, -0.25) is 4.79 Å². The van der Waals surface area contributed by atoms with Crippen LogP contribution in [0.1, 0.15) is 79.6 Å². The molecule has 1 saturated heterocycles. The summed E-state index contributed by atoms with van der Waals surface area (Å²) in [6.07, 6.45) is 1.62. The molecule has 206 valence electrons. The molecule has 0 aromatic rings. The van der Waals surface area contributed by atoms with E-state index < -0.39 is 41.5 Å². The van der Waals surface area contributed by atoms with E-state index in [1.54, 1.807) is 0 Å². The molecule has 7 heteroatoms. The van der Waals surface area contributed by atoms with Crippen molar-refractivity contribution < 1.29 is 35.1 Å². The lowest BCUT2D eigenvalue weighted by Gasteiger charge is -2.63. The quantitative estimate of drug-likeness (QED) is 0.334. The Bertz CT molecular complexity index is 863. The van der Waals surface area contributed by atoms with Gasteiger partial charge in [0, 0.05) is 30.8 Å². The normalized spacial score (nSPS) is 53.3. The minimum atomic E-state index is -1.62. The molecule has 0 amide bonds. The molecule has 1 heterocycles. The molecule has 0 radical (unpaired) electrons. The van der Waals surface area contributed by atoms with Crippen molar-refractivity contribution >= 4 is 5.78 Å². The van der Waals surface area contributed by atoms with E-state index in [1.807, 2.05) is 0 Å². The smallest absolute Gasteiger partial charge is 0.220 e. The molecule has 5 fully saturated rings. The topological polar surface area (TPSA) is 131 Å². The maximum Gasteiger partial charge on any atom is 0.220 e. The summed E-state index contributed by atoms with van der Waals surface area (Å²) in [6, 6.07) is 0. The number of aliphatic hydroxyl groups excluding tert-OH is 4. The minimum Gasteiger partial charge on any atom is -0.396 e. The average Bonchev–Trinajstić information content (AvgIpc) is 3.39. The van der Waals surface area contributed by atoms with Gasteiger partial charge in [0.25, 0.3) is 0 Å². The lowest BCUT2D eigenvalue weighted by Crippen LogP contribution is -2.69. The number of aliphatic hydroxyl groups is 5. The number of hydrogen-bond donors (Lipinski definition) is 5. The van der Waals surface area contributed by atoms with E-state index in [-0.39, 0.29) is 41.5 Å². The zero-order valence-corrected chi connectivity index (χ0v) is 22.6. The Balaban J connectivity index is 1.39. The summed E-state index contributed by atoms with van der Waals surface area (Å²) in [5.41, 5.74) is -0.744. The zero-order chi connectivity index (χ0) is 26.4. The molecule has 4 saturated carbocycles. The second kappa shape index (κ2) is 8.99. The third-order valence-corrected chi connectivity index (χ3v) is 12.1. The molecule has 5 N–H and O–H groups in total. The van der Waals surface area contributed by atoms with E-state index in [0.717, 1.165) is 32.1 Å². The van der Waals surface area contributed by atoms with Crippen LogP contribution < -0.4 is 0 Å². The van der Waals surface area contributed by atoms with Gasteiger partial charge >= 0.3 is 0 Å². The molecular weight excluding hydrogens is 460 g/mol. The Labute approximate surface area is 215 Å². The average molecular weight is 509 g/mol. The third-order valence-electron chi connectivity index (χ3n) is 12.1. The van der Waals surface area contributed by atoms with Crippen LogP contribution in [-0.4, -0.2) is 68.1 Å². The fraction of sp³-hybridized carbons (Fsp3) is 0.966. The van der Waals surface area contributed by atoms with Crippen molar-refractivity contribution in [2.24, 2.45) is 58.2 Å². The molecule has 0 spiro atoms. The number of hydrogen-bond acceptors (Lipinski definition) is 7. The Morgan fingerprint density at radius 2 is 1.72 bits per heavy atom. The van der Waals surface area contributed by atoms with Gasteiger partial charge < -0.3 is 30.3 Å². The lowest BCUT2D eigenvalue weighted by atomic mass is 9.42. The summed E-state index contributed by atoms with van der Waals surface area (Å²) in [7, 11) is 0. The van der Waals surface area contributed by atoms with Crippen molar-refractivity contribution in [1.29, 1.82) is 0 Å². The molecule has 5 aliphatic rings. The minimum absolute atomic E-state index is 0.0183. The Hall–Kier alpha value is -0.570. The summed E-state index contributed by atoms with van der Waals surface area (Å²) in [4.78, 5) is 13.7. The molecular formula is C29H48O7. The van der Waals surface area contributed by atoms with Crippen LogP contribution in [0.2, 0.25) is 0 Å². The first-order valence-corrected chi connectivity index (χ1v) is 14.4. The zero-order valence-electron chi connectivity index (χ0n) is 22.6. The molecule has 0 aromatic carbocycles. The van der Waals surface area contributed by atoms with Crippen LogP contribution in [0.4, 0.5) is 0 Å². The highest BCUT2D eigenvalue weighted by molar-refractivity contribution is 5.85. The van der Waals surface area contributed by atoms with Gasteiger partial charge in [0.1, 0.15) is 18.0 Å². The summed E-state index contributed by atoms with van der Waals surface area (Å²) in [5, 5.41) is 53.8. The lowest BCUT2D eigenvalue weighted by molar-refractivity contribution is -0.252. The van der Waals surface area contributed by atoms with Crippen LogP contribution in [0.5, 0.6) is 0 Å². The van der Waals surface area contributed by atoms with Gasteiger partial charge in [-0.15, -0.1) is 0 Å². The van der Waals surface area contributed by atoms with Crippen molar-refractivity contribution in [3.05, 3.63) is 0 Å². The first-order valence-electron chi connectivity index (χ1n) is 14.4. The van der Waals surface area contributed by atoms with Crippen LogP contribution >= 0.6 is 0 Å². The van der Waals surface area contributed by atoms with E-state index in [0.29, 0.717) is 30.6 Å². The van der Waals surface area contributed by atoms with Crippen LogP contribution in [0.3, 0.4) is 0 Å². The fourth-order valence-electron chi connectivity index (χ4n) is 9.98. The van der Waals surface area contributed by atoms with E-state index in [2.05, 4.69) is 34.6 Å². The third kappa shape index (κ3) is 3.70. The first-order chi connectivity index (χ1) is 16.8. The first kappa shape index (κ1) is 27.0. The largest absolute Gasteiger partial charge is 0.396 e. The summed E-state index contributed by atoms with van der Waals surface area (Å²) < 4.78 is 5.48. The molecule has 14 atom stereocenters. The van der Waals surface area contributed by atoms with Crippen LogP contribution in [0.15, 0.2) is 0 Å². The van der Waals surface area contributed by atoms with Crippen molar-refractivity contribution in [1.82, 2.24) is 0 Å². The number of rotatable bonds is 7. The Morgan fingerprint density at radius 1 is 1.03 bits per heavy atom. The van der Waals surface area contributed by atoms with Gasteiger partial charge in [-0.1, -0.05) is 41.0 Å². The predicted octanol–water partition coefficient (Wildman–Crippen LogP) is 2.50. The van der Waals surface area contributed by atoms with Crippen molar-refractivity contribution in [3.63, 3.8) is 0 Å². The van der Waals surface area contributed by atoms with Gasteiger partial charge in [0.15, 0.2) is 0 Å². The van der Waals surface area contributed by atoms with Crippen molar-refractivity contribution in [2.45, 2.75) is 110 Å². The van der Waals surface area contributed by atoms with Gasteiger partial charge in [0.05, 0.1) is 12.2 Å². The second-order valence-electron chi connectivity index (χ2n) is 14.1. The van der Waals surface area contributed by atoms with E-state index in [4.69, 9.17) is 4.74 Å². The number of Topliss-reactive ketones (excluding diaryl/α,β-unsaturated/α-hetero) is 1. The number of ketones is 1. The van der Waals surface area contributed by atoms with Gasteiger partial charge in [-0.2, -0.15) is 0 Å². The van der Waals surface area contributed by atoms with Crippen molar-refractivity contribution in [3.8, 4) is 0 Å². The Kier molecular flexibility index (Phi) is 6.74.